The Morgan fingerprint density at radius 3 is 2.69 bits per heavy atom. The molecule has 0 saturated heterocycles. The third-order valence-corrected chi connectivity index (χ3v) is 2.37. The lowest BCUT2D eigenvalue weighted by Crippen LogP contribution is -2.31. The molecule has 0 bridgehead atoms. The summed E-state index contributed by atoms with van der Waals surface area (Å²) in [6.07, 6.45) is 0. The highest BCUT2D eigenvalue weighted by molar-refractivity contribution is 5.73. The van der Waals surface area contributed by atoms with E-state index in [9.17, 15) is 4.79 Å². The minimum atomic E-state index is -0.0556. The number of para-hydroxylation sites is 1. The van der Waals surface area contributed by atoms with Gasteiger partial charge < -0.3 is 14.7 Å². The fourth-order valence-electron chi connectivity index (χ4n) is 1.51. The molecule has 4 heteroatoms. The number of carbonyl (C=O) groups excluding carboxylic acids is 1. The minimum absolute atomic E-state index is 0.0330. The Kier molecular flexibility index (Phi) is 4.79. The third kappa shape index (κ3) is 3.24. The summed E-state index contributed by atoms with van der Waals surface area (Å²) in [5, 5.41) is 8.86. The number of aliphatic hydroxyl groups is 1. The van der Waals surface area contributed by atoms with E-state index in [1.165, 1.54) is 6.92 Å². The molecule has 16 heavy (non-hydrogen) atoms. The van der Waals surface area contributed by atoms with E-state index in [2.05, 4.69) is 0 Å². The van der Waals surface area contributed by atoms with Crippen molar-refractivity contribution in [2.75, 3.05) is 20.3 Å². The lowest BCUT2D eigenvalue weighted by Gasteiger charge is -2.21. The van der Waals surface area contributed by atoms with E-state index < -0.39 is 0 Å². The molecule has 0 unspecified atom stereocenters. The van der Waals surface area contributed by atoms with Crippen LogP contribution in [0.3, 0.4) is 0 Å². The summed E-state index contributed by atoms with van der Waals surface area (Å²) < 4.78 is 5.20. The van der Waals surface area contributed by atoms with Gasteiger partial charge in [0.05, 0.1) is 13.7 Å². The Labute approximate surface area is 95.5 Å². The Morgan fingerprint density at radius 2 is 2.12 bits per heavy atom. The van der Waals surface area contributed by atoms with Crippen LogP contribution in [0, 0.1) is 0 Å². The van der Waals surface area contributed by atoms with Crippen molar-refractivity contribution >= 4 is 5.91 Å². The molecule has 0 atom stereocenters. The van der Waals surface area contributed by atoms with Crippen molar-refractivity contribution < 1.29 is 14.6 Å². The second-order valence-electron chi connectivity index (χ2n) is 3.48. The SMILES string of the molecule is COc1ccccc1CN(CCO)C(C)=O. The van der Waals surface area contributed by atoms with Crippen molar-refractivity contribution in [1.82, 2.24) is 4.90 Å². The average Bonchev–Trinajstić information content (AvgIpc) is 2.29. The fourth-order valence-corrected chi connectivity index (χ4v) is 1.51. The normalized spacial score (nSPS) is 9.94. The van der Waals surface area contributed by atoms with Gasteiger partial charge in [-0.25, -0.2) is 0 Å². The van der Waals surface area contributed by atoms with Gasteiger partial charge in [-0.2, -0.15) is 0 Å². The zero-order valence-corrected chi connectivity index (χ0v) is 9.64. The number of ether oxygens (including phenoxy) is 1. The molecule has 0 spiro atoms. The number of methoxy groups -OCH3 is 1. The van der Waals surface area contributed by atoms with Gasteiger partial charge in [0.2, 0.25) is 5.91 Å². The first-order valence-corrected chi connectivity index (χ1v) is 5.17. The van der Waals surface area contributed by atoms with Gasteiger partial charge in [-0.3, -0.25) is 4.79 Å². The summed E-state index contributed by atoms with van der Waals surface area (Å²) in [4.78, 5) is 12.9. The van der Waals surface area contributed by atoms with Crippen molar-refractivity contribution in [1.29, 1.82) is 0 Å². The van der Waals surface area contributed by atoms with Crippen LogP contribution < -0.4 is 4.74 Å². The van der Waals surface area contributed by atoms with Crippen molar-refractivity contribution in [3.8, 4) is 5.75 Å². The van der Waals surface area contributed by atoms with Crippen LogP contribution in [0.2, 0.25) is 0 Å². The van der Waals surface area contributed by atoms with Crippen LogP contribution in [0.1, 0.15) is 12.5 Å². The minimum Gasteiger partial charge on any atom is -0.496 e. The highest BCUT2D eigenvalue weighted by atomic mass is 16.5. The molecule has 1 amide bonds. The molecule has 0 aliphatic carbocycles. The van der Waals surface area contributed by atoms with Gasteiger partial charge >= 0.3 is 0 Å². The monoisotopic (exact) mass is 223 g/mol. The molecule has 1 rings (SSSR count). The first-order chi connectivity index (χ1) is 7.69. The number of hydrogen-bond acceptors (Lipinski definition) is 3. The number of amides is 1. The fraction of sp³-hybridized carbons (Fsp3) is 0.417. The molecule has 0 aliphatic heterocycles. The predicted octanol–water partition coefficient (Wildman–Crippen LogP) is 1.04. The summed E-state index contributed by atoms with van der Waals surface area (Å²) >= 11 is 0. The van der Waals surface area contributed by atoms with Crippen LogP contribution in [0.25, 0.3) is 0 Å². The summed E-state index contributed by atoms with van der Waals surface area (Å²) in [5.74, 6) is 0.701. The highest BCUT2D eigenvalue weighted by Crippen LogP contribution is 2.19. The van der Waals surface area contributed by atoms with Crippen molar-refractivity contribution in [2.24, 2.45) is 0 Å². The molecule has 88 valence electrons. The maximum atomic E-state index is 11.3. The summed E-state index contributed by atoms with van der Waals surface area (Å²) in [6.45, 7) is 2.26. The number of hydrogen-bond donors (Lipinski definition) is 1. The number of nitrogens with zero attached hydrogens (tertiary/aromatic N) is 1. The van der Waals surface area contributed by atoms with Gasteiger partial charge in [-0.05, 0) is 6.07 Å². The quantitative estimate of drug-likeness (QED) is 0.811. The summed E-state index contributed by atoms with van der Waals surface area (Å²) in [6, 6.07) is 7.54. The largest absolute Gasteiger partial charge is 0.496 e. The molecular formula is C12H17NO3. The first-order valence-electron chi connectivity index (χ1n) is 5.17. The van der Waals surface area contributed by atoms with Crippen molar-refractivity contribution in [2.45, 2.75) is 13.5 Å². The molecule has 1 aromatic carbocycles. The Hall–Kier alpha value is -1.55. The van der Waals surface area contributed by atoms with Crippen LogP contribution in [-0.4, -0.2) is 36.2 Å². The van der Waals surface area contributed by atoms with E-state index in [0.29, 0.717) is 13.1 Å². The second-order valence-corrected chi connectivity index (χ2v) is 3.48. The maximum Gasteiger partial charge on any atom is 0.219 e. The van der Waals surface area contributed by atoms with E-state index in [1.54, 1.807) is 12.0 Å². The first kappa shape index (κ1) is 12.5. The zero-order chi connectivity index (χ0) is 12.0. The molecule has 0 saturated carbocycles. The van der Waals surface area contributed by atoms with E-state index in [4.69, 9.17) is 9.84 Å². The predicted molar refractivity (Wildman–Crippen MR) is 61.2 cm³/mol. The molecule has 4 nitrogen and oxygen atoms in total. The molecule has 0 aliphatic rings. The van der Waals surface area contributed by atoms with Gasteiger partial charge in [0.25, 0.3) is 0 Å². The summed E-state index contributed by atoms with van der Waals surface area (Å²) in [5.41, 5.74) is 0.939. The van der Waals surface area contributed by atoms with E-state index in [-0.39, 0.29) is 12.5 Å². The number of carbonyl (C=O) groups is 1. The third-order valence-electron chi connectivity index (χ3n) is 2.37. The van der Waals surface area contributed by atoms with Gasteiger partial charge in [0, 0.05) is 25.6 Å². The van der Waals surface area contributed by atoms with E-state index in [1.807, 2.05) is 24.3 Å². The zero-order valence-electron chi connectivity index (χ0n) is 9.64. The van der Waals surface area contributed by atoms with Crippen LogP contribution in [-0.2, 0) is 11.3 Å². The maximum absolute atomic E-state index is 11.3. The topological polar surface area (TPSA) is 49.8 Å². The Balaban J connectivity index is 2.80. The number of rotatable bonds is 5. The molecule has 1 aromatic rings. The smallest absolute Gasteiger partial charge is 0.219 e. The number of benzene rings is 1. The second kappa shape index (κ2) is 6.12. The van der Waals surface area contributed by atoms with Crippen molar-refractivity contribution in [3.05, 3.63) is 29.8 Å². The average molecular weight is 223 g/mol. The Bertz CT molecular complexity index is 352. The standard InChI is InChI=1S/C12H17NO3/c1-10(15)13(7-8-14)9-11-5-3-4-6-12(11)16-2/h3-6,14H,7-9H2,1-2H3. The lowest BCUT2D eigenvalue weighted by molar-refractivity contribution is -0.129. The molecular weight excluding hydrogens is 206 g/mol. The highest BCUT2D eigenvalue weighted by Gasteiger charge is 2.11. The van der Waals surface area contributed by atoms with Gasteiger partial charge in [-0.1, -0.05) is 18.2 Å². The van der Waals surface area contributed by atoms with Gasteiger partial charge in [-0.15, -0.1) is 0 Å². The molecule has 0 aromatic heterocycles. The van der Waals surface area contributed by atoms with Crippen molar-refractivity contribution in [3.63, 3.8) is 0 Å². The van der Waals surface area contributed by atoms with Crippen LogP contribution >= 0.6 is 0 Å². The molecule has 1 N–H and O–H groups in total. The van der Waals surface area contributed by atoms with Crippen LogP contribution in [0.15, 0.2) is 24.3 Å². The van der Waals surface area contributed by atoms with Gasteiger partial charge in [0.15, 0.2) is 0 Å². The molecule has 0 heterocycles. The summed E-state index contributed by atoms with van der Waals surface area (Å²) in [7, 11) is 1.60. The van der Waals surface area contributed by atoms with Crippen LogP contribution in [0.5, 0.6) is 5.75 Å². The van der Waals surface area contributed by atoms with Gasteiger partial charge in [0.1, 0.15) is 5.75 Å². The van der Waals surface area contributed by atoms with E-state index in [0.717, 1.165) is 11.3 Å². The van der Waals surface area contributed by atoms with Crippen LogP contribution in [0.4, 0.5) is 0 Å². The molecule has 0 radical (unpaired) electrons. The Morgan fingerprint density at radius 1 is 1.44 bits per heavy atom. The molecule has 0 fully saturated rings. The number of aliphatic hydroxyl groups excluding tert-OH is 1. The lowest BCUT2D eigenvalue weighted by atomic mass is 10.2. The van der Waals surface area contributed by atoms with E-state index >= 15 is 0 Å².